The molecule has 0 aliphatic heterocycles. The topological polar surface area (TPSA) is 38.9 Å². The van der Waals surface area contributed by atoms with E-state index in [1.54, 1.807) is 12.1 Å². The lowest BCUT2D eigenvalue weighted by Crippen LogP contribution is -1.95. The second-order valence-corrected chi connectivity index (χ2v) is 4.70. The van der Waals surface area contributed by atoms with Crippen molar-refractivity contribution in [2.45, 2.75) is 13.3 Å². The molecule has 0 spiro atoms. The Hall–Kier alpha value is -1.42. The molecule has 2 nitrogen and oxygen atoms in total. The number of aromatic nitrogens is 1. The number of nitrogen functional groups attached to an aromatic ring is 1. The van der Waals surface area contributed by atoms with Crippen molar-refractivity contribution in [3.05, 3.63) is 45.5 Å². The number of rotatable bonds is 2. The highest BCUT2D eigenvalue weighted by atomic mass is 32.1. The monoisotopic (exact) mass is 222 g/mol. The average Bonchev–Trinajstić information content (AvgIpc) is 2.45. The minimum atomic E-state index is -0.151. The lowest BCUT2D eigenvalue weighted by atomic mass is 10.2. The first-order valence-corrected chi connectivity index (χ1v) is 5.43. The lowest BCUT2D eigenvalue weighted by molar-refractivity contribution is 0.620. The van der Waals surface area contributed by atoms with Crippen LogP contribution in [0.4, 0.5) is 10.2 Å². The molecule has 0 radical (unpaired) electrons. The second-order valence-electron chi connectivity index (χ2n) is 3.36. The molecule has 15 heavy (non-hydrogen) atoms. The van der Waals surface area contributed by atoms with E-state index in [0.717, 1.165) is 10.6 Å². The van der Waals surface area contributed by atoms with E-state index in [0.29, 0.717) is 17.1 Å². The highest BCUT2D eigenvalue weighted by Gasteiger charge is 2.07. The van der Waals surface area contributed by atoms with Gasteiger partial charge in [0, 0.05) is 21.9 Å². The maximum Gasteiger partial charge on any atom is 0.137 e. The maximum atomic E-state index is 13.3. The zero-order valence-electron chi connectivity index (χ0n) is 8.33. The summed E-state index contributed by atoms with van der Waals surface area (Å²) in [5.74, 6) is 0.322. The van der Waals surface area contributed by atoms with Crippen molar-refractivity contribution in [1.29, 1.82) is 0 Å². The van der Waals surface area contributed by atoms with Gasteiger partial charge in [0.05, 0.1) is 0 Å². The molecule has 2 heterocycles. The quantitative estimate of drug-likeness (QED) is 0.848. The Bertz CT molecular complexity index is 479. The summed E-state index contributed by atoms with van der Waals surface area (Å²) in [4.78, 5) is 5.83. The summed E-state index contributed by atoms with van der Waals surface area (Å²) in [7, 11) is 0. The molecule has 2 aromatic rings. The average molecular weight is 222 g/mol. The van der Waals surface area contributed by atoms with Crippen LogP contribution in [0.2, 0.25) is 0 Å². The van der Waals surface area contributed by atoms with Gasteiger partial charge in [-0.05, 0) is 25.1 Å². The molecule has 0 bridgehead atoms. The van der Waals surface area contributed by atoms with Crippen LogP contribution in [0.15, 0.2) is 24.3 Å². The predicted molar refractivity (Wildman–Crippen MR) is 60.5 cm³/mol. The second kappa shape index (κ2) is 3.98. The summed E-state index contributed by atoms with van der Waals surface area (Å²) >= 11 is 1.46. The molecule has 0 aromatic carbocycles. The fraction of sp³-hybridized carbons (Fsp3) is 0.182. The lowest BCUT2D eigenvalue weighted by Gasteiger charge is -1.99. The van der Waals surface area contributed by atoms with Crippen LogP contribution in [0, 0.1) is 12.7 Å². The zero-order chi connectivity index (χ0) is 10.8. The summed E-state index contributed by atoms with van der Waals surface area (Å²) in [6.45, 7) is 1.89. The fourth-order valence-electron chi connectivity index (χ4n) is 1.41. The standard InChI is InChI=1S/C11H11FN2S/c1-7-5-9(12)10(15-7)6-8-3-2-4-11(13)14-8/h2-5H,6H2,1H3,(H2,13,14). The number of hydrogen-bond donors (Lipinski definition) is 1. The van der Waals surface area contributed by atoms with E-state index in [4.69, 9.17) is 5.73 Å². The fourth-order valence-corrected chi connectivity index (χ4v) is 2.34. The van der Waals surface area contributed by atoms with Crippen molar-refractivity contribution in [2.75, 3.05) is 5.73 Å². The highest BCUT2D eigenvalue weighted by Crippen LogP contribution is 2.22. The minimum Gasteiger partial charge on any atom is -0.384 e. The first-order chi connectivity index (χ1) is 7.15. The third-order valence-electron chi connectivity index (χ3n) is 2.05. The summed E-state index contributed by atoms with van der Waals surface area (Å²) in [6, 6.07) is 6.95. The predicted octanol–water partition coefficient (Wildman–Crippen LogP) is 2.76. The highest BCUT2D eigenvalue weighted by molar-refractivity contribution is 7.11. The van der Waals surface area contributed by atoms with Gasteiger partial charge in [-0.3, -0.25) is 0 Å². The van der Waals surface area contributed by atoms with Gasteiger partial charge in [0.1, 0.15) is 11.6 Å². The van der Waals surface area contributed by atoms with Gasteiger partial charge >= 0.3 is 0 Å². The number of halogens is 1. The number of anilines is 1. The van der Waals surface area contributed by atoms with E-state index in [1.807, 2.05) is 19.1 Å². The van der Waals surface area contributed by atoms with Crippen LogP contribution in [0.3, 0.4) is 0 Å². The van der Waals surface area contributed by atoms with Crippen molar-refractivity contribution in [3.8, 4) is 0 Å². The molecule has 0 saturated carbocycles. The molecule has 0 amide bonds. The van der Waals surface area contributed by atoms with Gasteiger partial charge in [-0.1, -0.05) is 6.07 Å². The number of nitrogens with zero attached hydrogens (tertiary/aromatic N) is 1. The van der Waals surface area contributed by atoms with Gasteiger partial charge in [-0.25, -0.2) is 9.37 Å². The Kier molecular flexibility index (Phi) is 2.68. The Morgan fingerprint density at radius 2 is 2.27 bits per heavy atom. The Balaban J connectivity index is 2.25. The van der Waals surface area contributed by atoms with Crippen LogP contribution in [0.25, 0.3) is 0 Å². The van der Waals surface area contributed by atoms with Crippen molar-refractivity contribution < 1.29 is 4.39 Å². The molecule has 2 aromatic heterocycles. The number of nitrogens with two attached hydrogens (primary N) is 1. The Morgan fingerprint density at radius 3 is 2.87 bits per heavy atom. The minimum absolute atomic E-state index is 0.151. The first kappa shape index (κ1) is 10.1. The molecular weight excluding hydrogens is 211 g/mol. The van der Waals surface area contributed by atoms with Gasteiger partial charge in [-0.2, -0.15) is 0 Å². The van der Waals surface area contributed by atoms with Crippen LogP contribution >= 0.6 is 11.3 Å². The molecule has 0 atom stereocenters. The van der Waals surface area contributed by atoms with Crippen LogP contribution in [-0.2, 0) is 6.42 Å². The molecular formula is C11H11FN2S. The van der Waals surface area contributed by atoms with E-state index in [1.165, 1.54) is 11.3 Å². The van der Waals surface area contributed by atoms with Crippen molar-refractivity contribution in [2.24, 2.45) is 0 Å². The van der Waals surface area contributed by atoms with Gasteiger partial charge in [0.25, 0.3) is 0 Å². The van der Waals surface area contributed by atoms with E-state index in [9.17, 15) is 4.39 Å². The van der Waals surface area contributed by atoms with Crippen LogP contribution < -0.4 is 5.73 Å². The molecule has 2 N–H and O–H groups in total. The maximum absolute atomic E-state index is 13.3. The number of pyridine rings is 1. The van der Waals surface area contributed by atoms with E-state index in [-0.39, 0.29) is 5.82 Å². The smallest absolute Gasteiger partial charge is 0.137 e. The Morgan fingerprint density at radius 1 is 1.47 bits per heavy atom. The summed E-state index contributed by atoms with van der Waals surface area (Å²) in [5.41, 5.74) is 6.36. The summed E-state index contributed by atoms with van der Waals surface area (Å²) < 4.78 is 13.3. The van der Waals surface area contributed by atoms with Gasteiger partial charge in [-0.15, -0.1) is 11.3 Å². The molecule has 0 aliphatic rings. The molecule has 0 saturated heterocycles. The molecule has 4 heteroatoms. The molecule has 2 rings (SSSR count). The zero-order valence-corrected chi connectivity index (χ0v) is 9.14. The first-order valence-electron chi connectivity index (χ1n) is 4.61. The van der Waals surface area contributed by atoms with Crippen LogP contribution in [0.5, 0.6) is 0 Å². The summed E-state index contributed by atoms with van der Waals surface area (Å²) in [5, 5.41) is 0. The van der Waals surface area contributed by atoms with Crippen LogP contribution in [-0.4, -0.2) is 4.98 Å². The largest absolute Gasteiger partial charge is 0.384 e. The number of thiophene rings is 1. The SMILES string of the molecule is Cc1cc(F)c(Cc2cccc(N)n2)s1. The third-order valence-corrected chi connectivity index (χ3v) is 3.08. The van der Waals surface area contributed by atoms with Gasteiger partial charge < -0.3 is 5.73 Å². The van der Waals surface area contributed by atoms with E-state index < -0.39 is 0 Å². The van der Waals surface area contributed by atoms with Gasteiger partial charge in [0.15, 0.2) is 0 Å². The van der Waals surface area contributed by atoms with Crippen molar-refractivity contribution >= 4 is 17.2 Å². The van der Waals surface area contributed by atoms with Gasteiger partial charge in [0.2, 0.25) is 0 Å². The van der Waals surface area contributed by atoms with Crippen LogP contribution in [0.1, 0.15) is 15.4 Å². The molecule has 0 fully saturated rings. The Labute approximate surface area is 91.6 Å². The van der Waals surface area contributed by atoms with E-state index >= 15 is 0 Å². The molecule has 78 valence electrons. The normalized spacial score (nSPS) is 10.5. The molecule has 0 aliphatic carbocycles. The molecule has 0 unspecified atom stereocenters. The van der Waals surface area contributed by atoms with E-state index in [2.05, 4.69) is 4.98 Å². The number of hydrogen-bond acceptors (Lipinski definition) is 3. The number of aryl methyl sites for hydroxylation is 1. The summed E-state index contributed by atoms with van der Waals surface area (Å²) in [6.07, 6.45) is 0.509. The third kappa shape index (κ3) is 2.33. The van der Waals surface area contributed by atoms with Crippen molar-refractivity contribution in [3.63, 3.8) is 0 Å². The van der Waals surface area contributed by atoms with Crippen molar-refractivity contribution in [1.82, 2.24) is 4.98 Å².